The van der Waals surface area contributed by atoms with Gasteiger partial charge in [-0.15, -0.1) is 0 Å². The summed E-state index contributed by atoms with van der Waals surface area (Å²) in [6, 6.07) is 7.23. The molecule has 8 heteroatoms. The van der Waals surface area contributed by atoms with Crippen molar-refractivity contribution < 1.29 is 9.85 Å². The minimum Gasteiger partial charge on any atom is -0.258 e. The minimum absolute atomic E-state index is 0.102. The summed E-state index contributed by atoms with van der Waals surface area (Å²) in [5.41, 5.74) is 0.912. The fraction of sp³-hybridized carbons (Fsp3) is 0.0714. The van der Waals surface area contributed by atoms with E-state index in [0.29, 0.717) is 22.0 Å². The zero-order chi connectivity index (χ0) is 16.0. The first-order chi connectivity index (χ1) is 10.4. The maximum atomic E-state index is 11.3. The second-order valence-corrected chi connectivity index (χ2v) is 5.14. The summed E-state index contributed by atoms with van der Waals surface area (Å²) in [7, 11) is 0. The lowest BCUT2D eigenvalue weighted by molar-refractivity contribution is -0.384. The van der Waals surface area contributed by atoms with Crippen molar-refractivity contribution in [2.24, 2.45) is 0 Å². The Morgan fingerprint density at radius 3 is 2.41 bits per heavy atom. The molecule has 1 heterocycles. The number of aromatic nitrogens is 1. The number of hydrogen-bond donors (Lipinski definition) is 0. The van der Waals surface area contributed by atoms with Crippen LogP contribution in [-0.2, 0) is 0 Å². The Kier molecular flexibility index (Phi) is 3.14. The Labute approximate surface area is 128 Å². The van der Waals surface area contributed by atoms with E-state index in [-0.39, 0.29) is 21.8 Å². The third-order valence-electron chi connectivity index (χ3n) is 3.43. The summed E-state index contributed by atoms with van der Waals surface area (Å²) in [6.07, 6.45) is 0. The van der Waals surface area contributed by atoms with Gasteiger partial charge in [-0.3, -0.25) is 20.2 Å². The fourth-order valence-corrected chi connectivity index (χ4v) is 2.75. The van der Waals surface area contributed by atoms with Gasteiger partial charge in [0.1, 0.15) is 0 Å². The molecule has 0 bridgehead atoms. The van der Waals surface area contributed by atoms with Crippen LogP contribution < -0.4 is 0 Å². The summed E-state index contributed by atoms with van der Waals surface area (Å²) >= 11 is 6.31. The number of hydrogen-bond acceptors (Lipinski definition) is 5. The van der Waals surface area contributed by atoms with Crippen molar-refractivity contribution in [3.05, 3.63) is 61.1 Å². The van der Waals surface area contributed by atoms with E-state index in [4.69, 9.17) is 11.6 Å². The van der Waals surface area contributed by atoms with E-state index in [1.807, 2.05) is 0 Å². The maximum Gasteiger partial charge on any atom is 0.283 e. The molecule has 7 nitrogen and oxygen atoms in total. The Hall–Kier alpha value is -2.80. The number of nitrogens with zero attached hydrogens (tertiary/aromatic N) is 3. The van der Waals surface area contributed by atoms with E-state index in [0.717, 1.165) is 0 Å². The van der Waals surface area contributed by atoms with Gasteiger partial charge >= 0.3 is 0 Å². The van der Waals surface area contributed by atoms with Gasteiger partial charge < -0.3 is 0 Å². The van der Waals surface area contributed by atoms with Crippen molar-refractivity contribution in [2.75, 3.05) is 0 Å². The number of non-ortho nitro benzene ring substituents is 1. The molecule has 0 saturated heterocycles. The van der Waals surface area contributed by atoms with E-state index in [1.165, 1.54) is 18.2 Å². The molecule has 1 aromatic heterocycles. The molecule has 2 aromatic carbocycles. The van der Waals surface area contributed by atoms with Crippen molar-refractivity contribution in [2.45, 2.75) is 6.92 Å². The summed E-state index contributed by atoms with van der Waals surface area (Å²) in [5, 5.41) is 23.0. The van der Waals surface area contributed by atoms with E-state index in [1.54, 1.807) is 19.1 Å². The topological polar surface area (TPSA) is 99.2 Å². The molecular weight excluding hydrogens is 310 g/mol. The van der Waals surface area contributed by atoms with E-state index < -0.39 is 9.85 Å². The summed E-state index contributed by atoms with van der Waals surface area (Å²) in [5.74, 6) is 0. The third kappa shape index (κ3) is 2.03. The molecule has 0 fully saturated rings. The smallest absolute Gasteiger partial charge is 0.258 e. The van der Waals surface area contributed by atoms with Crippen LogP contribution in [0.4, 0.5) is 11.4 Å². The molecule has 0 saturated carbocycles. The molecule has 0 aliphatic carbocycles. The van der Waals surface area contributed by atoms with Gasteiger partial charge in [0, 0.05) is 23.1 Å². The SMILES string of the molecule is Cc1ccc2nc3cc([N+](=O)[O-])ccc3c(Cl)c2c1[N+](=O)[O-]. The number of nitro groups is 2. The van der Waals surface area contributed by atoms with Gasteiger partial charge in [0.2, 0.25) is 0 Å². The Morgan fingerprint density at radius 1 is 1.05 bits per heavy atom. The summed E-state index contributed by atoms with van der Waals surface area (Å²) in [4.78, 5) is 25.4. The van der Waals surface area contributed by atoms with Crippen LogP contribution in [0.15, 0.2) is 30.3 Å². The minimum atomic E-state index is -0.531. The quantitative estimate of drug-likeness (QED) is 0.401. The fourth-order valence-electron chi connectivity index (χ4n) is 2.41. The van der Waals surface area contributed by atoms with Gasteiger partial charge in [-0.25, -0.2) is 4.98 Å². The highest BCUT2D eigenvalue weighted by Crippen LogP contribution is 2.38. The normalized spacial score (nSPS) is 11.0. The predicted molar refractivity (Wildman–Crippen MR) is 82.3 cm³/mol. The van der Waals surface area contributed by atoms with Crippen molar-refractivity contribution in [3.63, 3.8) is 0 Å². The molecule has 0 aliphatic rings. The zero-order valence-electron chi connectivity index (χ0n) is 11.2. The molecule has 110 valence electrons. The predicted octanol–water partition coefficient (Wildman–Crippen LogP) is 4.17. The highest BCUT2D eigenvalue weighted by atomic mass is 35.5. The Morgan fingerprint density at radius 2 is 1.77 bits per heavy atom. The molecule has 0 amide bonds. The van der Waals surface area contributed by atoms with Crippen molar-refractivity contribution in [1.29, 1.82) is 0 Å². The van der Waals surface area contributed by atoms with Crippen LogP contribution in [0.2, 0.25) is 5.02 Å². The molecule has 0 atom stereocenters. The molecule has 22 heavy (non-hydrogen) atoms. The number of nitro benzene ring substituents is 2. The molecular formula is C14H8ClN3O4. The number of rotatable bonds is 2. The number of halogens is 1. The van der Waals surface area contributed by atoms with Gasteiger partial charge in [-0.2, -0.15) is 0 Å². The summed E-state index contributed by atoms with van der Waals surface area (Å²) < 4.78 is 0. The second kappa shape index (κ2) is 4.88. The number of aryl methyl sites for hydroxylation is 1. The van der Waals surface area contributed by atoms with Crippen molar-refractivity contribution >= 4 is 44.8 Å². The first-order valence-corrected chi connectivity index (χ1v) is 6.59. The lowest BCUT2D eigenvalue weighted by Crippen LogP contribution is -1.96. The van der Waals surface area contributed by atoms with Crippen molar-refractivity contribution in [3.8, 4) is 0 Å². The molecule has 3 rings (SSSR count). The number of fused-ring (bicyclic) bond motifs is 2. The lowest BCUT2D eigenvalue weighted by Gasteiger charge is -2.07. The number of benzene rings is 2. The molecule has 0 aliphatic heterocycles. The largest absolute Gasteiger partial charge is 0.283 e. The average Bonchev–Trinajstić information content (AvgIpc) is 2.47. The van der Waals surface area contributed by atoms with Crippen LogP contribution in [0.25, 0.3) is 21.8 Å². The molecule has 3 aromatic rings. The standard InChI is InChI=1S/C14H8ClN3O4/c1-7-2-5-10-12(14(7)18(21)22)13(15)9-4-3-8(17(19)20)6-11(9)16-10/h2-6H,1H3. The summed E-state index contributed by atoms with van der Waals surface area (Å²) in [6.45, 7) is 1.62. The van der Waals surface area contributed by atoms with Crippen molar-refractivity contribution in [1.82, 2.24) is 4.98 Å². The first kappa shape index (κ1) is 14.2. The first-order valence-electron chi connectivity index (χ1n) is 6.21. The Balaban J connectivity index is 2.49. The molecule has 0 unspecified atom stereocenters. The zero-order valence-corrected chi connectivity index (χ0v) is 12.0. The van der Waals surface area contributed by atoms with Crippen LogP contribution in [0.5, 0.6) is 0 Å². The van der Waals surface area contributed by atoms with Gasteiger partial charge in [0.05, 0.1) is 31.3 Å². The van der Waals surface area contributed by atoms with Gasteiger partial charge in [0.25, 0.3) is 11.4 Å². The van der Waals surface area contributed by atoms with E-state index >= 15 is 0 Å². The highest BCUT2D eigenvalue weighted by molar-refractivity contribution is 6.41. The number of pyridine rings is 1. The monoisotopic (exact) mass is 317 g/mol. The van der Waals surface area contributed by atoms with Crippen LogP contribution >= 0.6 is 11.6 Å². The second-order valence-electron chi connectivity index (χ2n) is 4.77. The van der Waals surface area contributed by atoms with Crippen LogP contribution in [0.3, 0.4) is 0 Å². The Bertz CT molecular complexity index is 971. The molecule has 0 radical (unpaired) electrons. The van der Waals surface area contributed by atoms with Crippen LogP contribution in [0, 0.1) is 27.2 Å². The highest BCUT2D eigenvalue weighted by Gasteiger charge is 2.21. The van der Waals surface area contributed by atoms with Gasteiger partial charge in [0.15, 0.2) is 0 Å². The van der Waals surface area contributed by atoms with Crippen LogP contribution in [-0.4, -0.2) is 14.8 Å². The lowest BCUT2D eigenvalue weighted by atomic mass is 10.1. The van der Waals surface area contributed by atoms with Crippen LogP contribution in [0.1, 0.15) is 5.56 Å². The van der Waals surface area contributed by atoms with Gasteiger partial charge in [-0.05, 0) is 19.1 Å². The average molecular weight is 318 g/mol. The van der Waals surface area contributed by atoms with Gasteiger partial charge in [-0.1, -0.05) is 17.7 Å². The third-order valence-corrected chi connectivity index (χ3v) is 3.82. The van der Waals surface area contributed by atoms with E-state index in [9.17, 15) is 20.2 Å². The van der Waals surface area contributed by atoms with E-state index in [2.05, 4.69) is 4.98 Å². The molecule has 0 N–H and O–H groups in total. The molecule has 0 spiro atoms. The maximum absolute atomic E-state index is 11.3.